The van der Waals surface area contributed by atoms with E-state index in [2.05, 4.69) is 144 Å². The van der Waals surface area contributed by atoms with Gasteiger partial charge in [0.05, 0.1) is 5.69 Å². The van der Waals surface area contributed by atoms with E-state index < -0.39 is 0 Å². The Morgan fingerprint density at radius 1 is 0.618 bits per heavy atom. The second-order valence-corrected chi connectivity index (χ2v) is 19.6. The first kappa shape index (κ1) is 33.3. The van der Waals surface area contributed by atoms with Gasteiger partial charge in [-0.2, -0.15) is 0 Å². The van der Waals surface area contributed by atoms with Crippen LogP contribution >= 0.6 is 11.8 Å². The molecule has 0 bridgehead atoms. The molecule has 4 aliphatic heterocycles. The van der Waals surface area contributed by atoms with Crippen molar-refractivity contribution >= 4 is 58.0 Å². The van der Waals surface area contributed by atoms with Gasteiger partial charge in [0.15, 0.2) is 23.0 Å². The van der Waals surface area contributed by atoms with E-state index in [4.69, 9.17) is 9.47 Å². The fraction of sp³-hybridized carbons (Fsp3) is 0.265. The Labute approximate surface area is 329 Å². The summed E-state index contributed by atoms with van der Waals surface area (Å²) in [6, 6.07) is 38.4. The first-order valence-electron chi connectivity index (χ1n) is 19.7. The Morgan fingerprint density at radius 2 is 1.27 bits per heavy atom. The van der Waals surface area contributed by atoms with E-state index >= 15 is 0 Å². The third kappa shape index (κ3) is 4.67. The molecular formula is C49H45BN2O2S. The summed E-state index contributed by atoms with van der Waals surface area (Å²) in [6.07, 6.45) is 2.34. The zero-order chi connectivity index (χ0) is 37.8. The summed E-state index contributed by atoms with van der Waals surface area (Å²) < 4.78 is 13.4. The smallest absolute Gasteiger partial charge is 0.333 e. The normalized spacial score (nSPS) is 17.3. The van der Waals surface area contributed by atoms with Crippen LogP contribution in [-0.2, 0) is 16.2 Å². The summed E-state index contributed by atoms with van der Waals surface area (Å²) in [6.45, 7) is 19.0. The van der Waals surface area contributed by atoms with Crippen LogP contribution in [0.4, 0.5) is 28.4 Å². The highest BCUT2D eigenvalue weighted by Crippen LogP contribution is 2.58. The Morgan fingerprint density at radius 3 is 2.00 bits per heavy atom. The number of aryl methyl sites for hydroxylation is 1. The van der Waals surface area contributed by atoms with Gasteiger partial charge in [-0.1, -0.05) is 109 Å². The summed E-state index contributed by atoms with van der Waals surface area (Å²) in [5.41, 5.74) is 16.9. The van der Waals surface area contributed by atoms with E-state index in [1.807, 2.05) is 36.0 Å². The van der Waals surface area contributed by atoms with Crippen LogP contribution in [0.15, 0.2) is 113 Å². The number of hydrogen-bond acceptors (Lipinski definition) is 5. The molecule has 0 saturated heterocycles. The SMILES string of the molecule is Cc1cc2c(cc1N1c3cc4c(cc3B3c5c(cc(C(C)(C)C)cc51)-c1cccc5c1N3c1ccccc1S5)Oc1ccccc1O4)C(C)(C)CCC2(C)C. The monoisotopic (exact) mass is 736 g/mol. The van der Waals surface area contributed by atoms with Crippen LogP contribution in [0, 0.1) is 6.92 Å². The lowest BCUT2D eigenvalue weighted by atomic mass is 9.43. The van der Waals surface area contributed by atoms with E-state index in [1.54, 1.807) is 0 Å². The van der Waals surface area contributed by atoms with Gasteiger partial charge in [0.2, 0.25) is 0 Å². The fourth-order valence-electron chi connectivity index (χ4n) is 9.84. The average molecular weight is 737 g/mol. The summed E-state index contributed by atoms with van der Waals surface area (Å²) in [5, 5.41) is 0. The molecule has 6 aromatic rings. The predicted octanol–water partition coefficient (Wildman–Crippen LogP) is 12.7. The summed E-state index contributed by atoms with van der Waals surface area (Å²) >= 11 is 1.88. The van der Waals surface area contributed by atoms with Gasteiger partial charge < -0.3 is 19.2 Å². The first-order chi connectivity index (χ1) is 26.3. The lowest BCUT2D eigenvalue weighted by Gasteiger charge is -2.49. The summed E-state index contributed by atoms with van der Waals surface area (Å²) in [5.74, 6) is 2.96. The van der Waals surface area contributed by atoms with Gasteiger partial charge in [-0.3, -0.25) is 0 Å². The van der Waals surface area contributed by atoms with E-state index in [1.165, 1.54) is 83.3 Å². The molecule has 5 aliphatic rings. The highest BCUT2D eigenvalue weighted by molar-refractivity contribution is 7.99. The number of benzene rings is 6. The minimum absolute atomic E-state index is 0.0577. The molecular weight excluding hydrogens is 691 g/mol. The standard InChI is InChI=1S/C49H45BN2O2S/c1-28-22-32-33(49(7,8)21-20-48(32,5)6)25-36(28)51-37-27-42-41(53-39-16-10-11-17-40(39)54-42)26-34(37)50-45-31(23-29(24-38(45)51)47(2,3)4)30-14-13-19-44-46(30)52(50)35-15-9-12-18-43(35)55-44/h9-19,22-27H,20-21H2,1-8H3. The van der Waals surface area contributed by atoms with Crippen LogP contribution < -0.4 is 30.1 Å². The molecule has 4 nitrogen and oxygen atoms in total. The molecule has 0 atom stereocenters. The molecule has 6 heteroatoms. The zero-order valence-electron chi connectivity index (χ0n) is 32.9. The number of ether oxygens (including phenoxy) is 2. The fourth-order valence-corrected chi connectivity index (χ4v) is 10.9. The Kier molecular flexibility index (Phi) is 6.68. The van der Waals surface area contributed by atoms with Crippen LogP contribution in [0.25, 0.3) is 11.1 Å². The largest absolute Gasteiger partial charge is 0.450 e. The maximum atomic E-state index is 6.71. The quantitative estimate of drug-likeness (QED) is 0.156. The van der Waals surface area contributed by atoms with Crippen LogP contribution in [0.3, 0.4) is 0 Å². The summed E-state index contributed by atoms with van der Waals surface area (Å²) in [7, 11) is 0. The molecule has 55 heavy (non-hydrogen) atoms. The molecule has 0 N–H and O–H groups in total. The van der Waals surface area contributed by atoms with Crippen molar-refractivity contribution in [2.75, 3.05) is 9.71 Å². The van der Waals surface area contributed by atoms with Crippen LogP contribution in [-0.4, -0.2) is 6.85 Å². The second kappa shape index (κ2) is 11.0. The minimum Gasteiger partial charge on any atom is -0.450 e. The van der Waals surface area contributed by atoms with Crippen molar-refractivity contribution in [1.82, 2.24) is 0 Å². The highest BCUT2D eigenvalue weighted by atomic mass is 32.2. The molecule has 1 aliphatic carbocycles. The van der Waals surface area contributed by atoms with Gasteiger partial charge in [0.25, 0.3) is 0 Å². The molecule has 0 amide bonds. The molecule has 4 heterocycles. The lowest BCUT2D eigenvalue weighted by Crippen LogP contribution is -2.62. The van der Waals surface area contributed by atoms with Crippen molar-refractivity contribution in [3.05, 3.63) is 125 Å². The average Bonchev–Trinajstić information content (AvgIpc) is 3.15. The van der Waals surface area contributed by atoms with Crippen molar-refractivity contribution in [3.8, 4) is 34.1 Å². The van der Waals surface area contributed by atoms with E-state index in [9.17, 15) is 0 Å². The number of nitrogens with zero attached hydrogens (tertiary/aromatic N) is 2. The van der Waals surface area contributed by atoms with Gasteiger partial charge in [0.1, 0.15) is 0 Å². The van der Waals surface area contributed by atoms with E-state index in [0.29, 0.717) is 0 Å². The molecule has 0 unspecified atom stereocenters. The van der Waals surface area contributed by atoms with Crippen molar-refractivity contribution < 1.29 is 9.47 Å². The number of rotatable bonds is 1. The third-order valence-corrected chi connectivity index (χ3v) is 14.1. The maximum absolute atomic E-state index is 6.71. The maximum Gasteiger partial charge on any atom is 0.333 e. The summed E-state index contributed by atoms with van der Waals surface area (Å²) in [4.78, 5) is 7.77. The van der Waals surface area contributed by atoms with Gasteiger partial charge >= 0.3 is 6.85 Å². The Bertz CT molecular complexity index is 2670. The molecule has 0 aromatic heterocycles. The van der Waals surface area contributed by atoms with Crippen LogP contribution in [0.2, 0.25) is 0 Å². The first-order valence-corrected chi connectivity index (χ1v) is 20.6. The molecule has 11 rings (SSSR count). The highest BCUT2D eigenvalue weighted by Gasteiger charge is 2.49. The Balaban J connectivity index is 1.27. The molecule has 272 valence electrons. The number of fused-ring (bicyclic) bond motifs is 9. The van der Waals surface area contributed by atoms with E-state index in [0.717, 1.165) is 35.1 Å². The van der Waals surface area contributed by atoms with Crippen LogP contribution in [0.5, 0.6) is 23.0 Å². The van der Waals surface area contributed by atoms with Gasteiger partial charge in [0, 0.05) is 44.2 Å². The molecule has 0 saturated carbocycles. The van der Waals surface area contributed by atoms with Gasteiger partial charge in [-0.05, 0) is 123 Å². The van der Waals surface area contributed by atoms with Crippen molar-refractivity contribution in [2.24, 2.45) is 0 Å². The Hall–Kier alpha value is -5.07. The van der Waals surface area contributed by atoms with Crippen molar-refractivity contribution in [2.45, 2.75) is 94.3 Å². The topological polar surface area (TPSA) is 24.9 Å². The lowest BCUT2D eigenvalue weighted by molar-refractivity contribution is 0.332. The molecule has 0 radical (unpaired) electrons. The van der Waals surface area contributed by atoms with Crippen molar-refractivity contribution in [3.63, 3.8) is 0 Å². The zero-order valence-corrected chi connectivity index (χ0v) is 33.7. The molecule has 0 spiro atoms. The minimum atomic E-state index is -0.0969. The van der Waals surface area contributed by atoms with E-state index in [-0.39, 0.29) is 23.1 Å². The second-order valence-electron chi connectivity index (χ2n) is 18.5. The number of anilines is 5. The van der Waals surface area contributed by atoms with Crippen LogP contribution in [0.1, 0.15) is 83.6 Å². The predicted molar refractivity (Wildman–Crippen MR) is 230 cm³/mol. The van der Waals surface area contributed by atoms with Gasteiger partial charge in [-0.15, -0.1) is 0 Å². The molecule has 0 fully saturated rings. The number of hydrogen-bond donors (Lipinski definition) is 0. The number of para-hydroxylation sites is 4. The van der Waals surface area contributed by atoms with Gasteiger partial charge in [-0.25, -0.2) is 0 Å². The third-order valence-electron chi connectivity index (χ3n) is 13.0. The van der Waals surface area contributed by atoms with Crippen molar-refractivity contribution in [1.29, 1.82) is 0 Å². The molecule has 6 aromatic carbocycles.